The fourth-order valence-corrected chi connectivity index (χ4v) is 15.6. The van der Waals surface area contributed by atoms with E-state index in [-0.39, 0.29) is 0 Å². The first kappa shape index (κ1) is 62.1. The Hall–Kier alpha value is -13.3. The van der Waals surface area contributed by atoms with Gasteiger partial charge in [-0.1, -0.05) is 111 Å². The Morgan fingerprint density at radius 2 is 0.796 bits per heavy atom. The number of hydrogen-bond acceptors (Lipinski definition) is 8. The van der Waals surface area contributed by atoms with Crippen molar-refractivity contribution in [2.75, 3.05) is 0 Å². The van der Waals surface area contributed by atoms with E-state index in [0.29, 0.717) is 28.4 Å². The number of aromatic nitrogens is 9. The molecule has 0 N–H and O–H groups in total. The maximum absolute atomic E-state index is 8.48. The second-order valence-electron chi connectivity index (χ2n) is 28.5. The van der Waals surface area contributed by atoms with E-state index in [2.05, 4.69) is 225 Å². The number of benzene rings is 9. The lowest BCUT2D eigenvalue weighted by Gasteiger charge is -2.09. The van der Waals surface area contributed by atoms with Crippen LogP contribution in [0.5, 0.6) is 0 Å². The third-order valence-electron chi connectivity index (χ3n) is 21.3. The highest BCUT2D eigenvalue weighted by molar-refractivity contribution is 6.13. The fraction of sp³-hybridized carbons (Fsp3) is 0.137. The maximum atomic E-state index is 8.48. The standard InChI is InChI=1S/C25H20N3O.C25H23N2O.C23H19N2O.C22H17N2O/c1-15-12-13-17-18-14-16-8-4-5-9-19(16)26-24(18)29-23(17)22(15)25-27(2)20-10-6-7-11-21(20)28(25)3;1-15(2)17-9-10-27(4)23(13-17)19-14-24-20(11-16(19)3)21-12-18-7-5-6-8-22(18)26-25(21)28-24;1-14-8-9-25(3)21(10-14)17-13-22-18(11-15(17)2)19-12-16-6-4-5-7-20(16)24-23(19)26-22;1-14-11-17-18-12-15-7-3-4-8-19(15)23-22(18)25-21(17)13-16(14)20-9-5-6-10-24(20)2/h4-14H,1-3H3;5-15H,1-4H3;4-13H,1-3H3;3-13H,1-2H3/q4*+1/i;1D3,15D;;. The first-order valence-electron chi connectivity index (χ1n) is 38.3. The summed E-state index contributed by atoms with van der Waals surface area (Å²) in [6.07, 6.45) is 5.97. The van der Waals surface area contributed by atoms with Crippen LogP contribution in [-0.4, -0.2) is 24.5 Å². The van der Waals surface area contributed by atoms with Crippen LogP contribution in [-0.2, 0) is 35.2 Å². The molecule has 0 saturated heterocycles. The Bertz CT molecular complexity index is 7410. The van der Waals surface area contributed by atoms with Crippen molar-refractivity contribution in [1.82, 2.24) is 24.5 Å². The molecule has 0 aliphatic rings. The Morgan fingerprint density at radius 1 is 0.380 bits per heavy atom. The molecule has 12 aromatic heterocycles. The van der Waals surface area contributed by atoms with Crippen molar-refractivity contribution in [2.24, 2.45) is 35.2 Å². The summed E-state index contributed by atoms with van der Waals surface area (Å²) in [4.78, 5) is 18.9. The Kier molecular flexibility index (Phi) is 15.2. The summed E-state index contributed by atoms with van der Waals surface area (Å²) in [5.74, 6) is -0.588. The first-order valence-corrected chi connectivity index (χ1v) is 36.3. The van der Waals surface area contributed by atoms with Crippen LogP contribution in [0.25, 0.3) is 188 Å². The zero-order valence-electron chi connectivity index (χ0n) is 65.9. The number of aryl methyl sites for hydroxylation is 10. The van der Waals surface area contributed by atoms with Crippen LogP contribution in [0.1, 0.15) is 58.5 Å². The van der Waals surface area contributed by atoms with Gasteiger partial charge in [-0.15, -0.1) is 0 Å². The second kappa shape index (κ2) is 26.4. The maximum Gasteiger partial charge on any atom is 0.293 e. The van der Waals surface area contributed by atoms with Gasteiger partial charge in [-0.05, 0) is 177 Å². The van der Waals surface area contributed by atoms with Gasteiger partial charge in [0.25, 0.3) is 5.82 Å². The smallest absolute Gasteiger partial charge is 0.293 e. The summed E-state index contributed by atoms with van der Waals surface area (Å²) in [5, 5.41) is 12.9. The minimum Gasteiger partial charge on any atom is -0.438 e. The number of nitrogens with zero attached hydrogens (tertiary/aromatic N) is 9. The van der Waals surface area contributed by atoms with Gasteiger partial charge in [0.2, 0.25) is 39.9 Å². The molecular weight excluding hydrogens is 1330 g/mol. The van der Waals surface area contributed by atoms with Crippen LogP contribution < -0.4 is 18.3 Å². The fourth-order valence-electron chi connectivity index (χ4n) is 15.6. The molecule has 1 unspecified atom stereocenters. The van der Waals surface area contributed by atoms with E-state index >= 15 is 0 Å². The van der Waals surface area contributed by atoms with Gasteiger partial charge in [0.1, 0.15) is 43.5 Å². The SMILES string of the molecule is Cc1cc2c(cc1-c1cccc[n+]1C)oc1nc3ccccc3cc12.Cc1cc[n+](C)c(-c2cc3oc4nc5ccccc5cc4c3cc2C)c1.Cc1ccc2c(oc3nc4ccccc4cc32)c1-c1n(C)c2ccccc2[n+]1C.[2H]C([2H])([2H])C([2H])(C)c1cc[n+](C)c(-c2cc3oc4nc5ccccc5cc4c3cc2C)c1. The molecule has 108 heavy (non-hydrogen) atoms. The summed E-state index contributed by atoms with van der Waals surface area (Å²) in [6.45, 7) is 9.59. The van der Waals surface area contributed by atoms with E-state index in [1.54, 1.807) is 18.3 Å². The predicted molar refractivity (Wildman–Crippen MR) is 437 cm³/mol. The Labute approximate surface area is 628 Å². The van der Waals surface area contributed by atoms with Crippen LogP contribution in [0.3, 0.4) is 0 Å². The van der Waals surface area contributed by atoms with Gasteiger partial charge < -0.3 is 17.7 Å². The minimum absolute atomic E-state index is 0.447. The summed E-state index contributed by atoms with van der Waals surface area (Å²) in [6, 6.07) is 80.7. The van der Waals surface area contributed by atoms with Gasteiger partial charge in [-0.3, -0.25) is 0 Å². The number of fused-ring (bicyclic) bond motifs is 17. The Morgan fingerprint density at radius 3 is 1.28 bits per heavy atom. The number of furan rings is 4. The third-order valence-corrected chi connectivity index (χ3v) is 21.3. The number of hydrogen-bond donors (Lipinski definition) is 0. The summed E-state index contributed by atoms with van der Waals surface area (Å²) in [7, 11) is 10.3. The molecule has 12 heterocycles. The van der Waals surface area contributed by atoms with Crippen LogP contribution in [0.15, 0.2) is 273 Å². The molecule has 0 bridgehead atoms. The van der Waals surface area contributed by atoms with Crippen molar-refractivity contribution in [1.29, 1.82) is 0 Å². The van der Waals surface area contributed by atoms with Crippen molar-refractivity contribution in [3.63, 3.8) is 0 Å². The zero-order valence-corrected chi connectivity index (χ0v) is 61.9. The number of imidazole rings is 1. The monoisotopic (exact) mass is 1410 g/mol. The van der Waals surface area contributed by atoms with Crippen molar-refractivity contribution in [3.05, 3.63) is 289 Å². The molecule has 0 radical (unpaired) electrons. The molecule has 13 nitrogen and oxygen atoms in total. The van der Waals surface area contributed by atoms with Gasteiger partial charge in [0, 0.05) is 107 Å². The Balaban J connectivity index is 0.000000105. The van der Waals surface area contributed by atoms with Crippen LogP contribution in [0, 0.1) is 34.6 Å². The van der Waals surface area contributed by atoms with E-state index in [9.17, 15) is 0 Å². The normalized spacial score (nSPS) is 13.0. The third kappa shape index (κ3) is 11.6. The molecule has 0 aliphatic heterocycles. The van der Waals surface area contributed by atoms with E-state index in [0.717, 1.165) is 137 Å². The molecule has 0 amide bonds. The van der Waals surface area contributed by atoms with E-state index in [1.807, 2.05) is 110 Å². The molecule has 0 fully saturated rings. The van der Waals surface area contributed by atoms with Crippen LogP contribution in [0.2, 0.25) is 0 Å². The van der Waals surface area contributed by atoms with Gasteiger partial charge >= 0.3 is 0 Å². The van der Waals surface area contributed by atoms with Crippen molar-refractivity contribution >= 4 is 143 Å². The molecule has 21 rings (SSSR count). The van der Waals surface area contributed by atoms with E-state index in [1.165, 1.54) is 62.7 Å². The summed E-state index contributed by atoms with van der Waals surface area (Å²) < 4.78 is 67.3. The molecule has 524 valence electrons. The largest absolute Gasteiger partial charge is 0.438 e. The number of pyridine rings is 7. The highest BCUT2D eigenvalue weighted by Gasteiger charge is 2.29. The first-order chi connectivity index (χ1) is 54.0. The molecule has 0 spiro atoms. The lowest BCUT2D eigenvalue weighted by molar-refractivity contribution is -0.660. The average molecular weight is 1410 g/mol. The quantitative estimate of drug-likeness (QED) is 0.156. The molecule has 9 aromatic carbocycles. The molecular formula is C95H79N9O4+4. The molecule has 13 heteroatoms. The van der Waals surface area contributed by atoms with Gasteiger partial charge in [0.15, 0.2) is 35.2 Å². The highest BCUT2D eigenvalue weighted by atomic mass is 16.4. The molecule has 21 aromatic rings. The van der Waals surface area contributed by atoms with Crippen molar-refractivity contribution < 1.29 is 41.4 Å². The van der Waals surface area contributed by atoms with Gasteiger partial charge in [0.05, 0.1) is 52.9 Å². The topological polar surface area (TPSA) is 125 Å². The van der Waals surface area contributed by atoms with E-state index in [4.69, 9.17) is 38.1 Å². The minimum atomic E-state index is -2.43. The van der Waals surface area contributed by atoms with Crippen molar-refractivity contribution in [2.45, 2.75) is 54.3 Å². The highest BCUT2D eigenvalue weighted by Crippen LogP contribution is 2.41. The lowest BCUT2D eigenvalue weighted by Crippen LogP contribution is -2.30. The molecule has 0 aliphatic carbocycles. The molecule has 0 saturated carbocycles. The number of rotatable bonds is 5. The molecule has 1 atom stereocenters. The van der Waals surface area contributed by atoms with Crippen LogP contribution >= 0.6 is 0 Å². The lowest BCUT2D eigenvalue weighted by atomic mass is 9.97. The predicted octanol–water partition coefficient (Wildman–Crippen LogP) is 21.7. The van der Waals surface area contributed by atoms with E-state index < -0.39 is 12.7 Å². The van der Waals surface area contributed by atoms with Crippen molar-refractivity contribution in [3.8, 4) is 45.2 Å². The van der Waals surface area contributed by atoms with Gasteiger partial charge in [-0.2, -0.15) is 0 Å². The average Bonchev–Trinajstić information content (AvgIpc) is 1.58. The zero-order chi connectivity index (χ0) is 77.3. The summed E-state index contributed by atoms with van der Waals surface area (Å²) >= 11 is 0. The second-order valence-corrected chi connectivity index (χ2v) is 28.5. The number of para-hydroxylation sites is 6. The van der Waals surface area contributed by atoms with Gasteiger partial charge in [-0.25, -0.2) is 42.8 Å². The summed E-state index contributed by atoms with van der Waals surface area (Å²) in [5.41, 5.74) is 26.1. The van der Waals surface area contributed by atoms with Crippen LogP contribution in [0.4, 0.5) is 0 Å².